The number of amides is 1. The lowest BCUT2D eigenvalue weighted by Gasteiger charge is -2.28. The van der Waals surface area contributed by atoms with E-state index in [1.54, 1.807) is 0 Å². The summed E-state index contributed by atoms with van der Waals surface area (Å²) in [5.74, 6) is 0.115. The molecule has 1 saturated heterocycles. The van der Waals surface area contributed by atoms with Gasteiger partial charge in [0.2, 0.25) is 5.91 Å². The maximum atomic E-state index is 11.3. The largest absolute Gasteiger partial charge is 0.377 e. The molecular formula is C8H16N2O2. The first-order chi connectivity index (χ1) is 5.61. The number of rotatable bonds is 3. The minimum Gasteiger partial charge on any atom is -0.377 e. The summed E-state index contributed by atoms with van der Waals surface area (Å²) >= 11 is 0. The molecule has 4 heteroatoms. The van der Waals surface area contributed by atoms with Crippen LogP contribution in [0.3, 0.4) is 0 Å². The highest BCUT2D eigenvalue weighted by Gasteiger charge is 2.24. The Labute approximate surface area is 72.5 Å². The Hall–Kier alpha value is -0.610. The van der Waals surface area contributed by atoms with E-state index in [-0.39, 0.29) is 17.9 Å². The van der Waals surface area contributed by atoms with E-state index >= 15 is 0 Å². The zero-order chi connectivity index (χ0) is 9.14. The van der Waals surface area contributed by atoms with Crippen LogP contribution < -0.4 is 11.1 Å². The van der Waals surface area contributed by atoms with Gasteiger partial charge in [0.1, 0.15) is 0 Å². The lowest BCUT2D eigenvalue weighted by atomic mass is 10.0. The Bertz CT molecular complexity index is 166. The highest BCUT2D eigenvalue weighted by atomic mass is 16.5. The quantitative estimate of drug-likeness (QED) is 0.602. The van der Waals surface area contributed by atoms with Crippen molar-refractivity contribution in [2.24, 2.45) is 11.7 Å². The number of carbonyl (C=O) groups is 1. The number of hydrogen-bond acceptors (Lipinski definition) is 3. The fraction of sp³-hybridized carbons (Fsp3) is 0.875. The summed E-state index contributed by atoms with van der Waals surface area (Å²) in [6.45, 7) is 5.11. The lowest BCUT2D eigenvalue weighted by Crippen LogP contribution is -2.54. The highest BCUT2D eigenvalue weighted by Crippen LogP contribution is 2.02. The molecule has 1 fully saturated rings. The fourth-order valence-corrected chi connectivity index (χ4v) is 0.919. The number of nitrogens with two attached hydrogens (primary N) is 1. The Balaban J connectivity index is 2.26. The molecule has 0 aliphatic carbocycles. The molecule has 1 aliphatic rings. The summed E-state index contributed by atoms with van der Waals surface area (Å²) in [5.41, 5.74) is 5.63. The second-order valence-corrected chi connectivity index (χ2v) is 3.51. The van der Waals surface area contributed by atoms with Crippen molar-refractivity contribution in [1.29, 1.82) is 0 Å². The molecule has 12 heavy (non-hydrogen) atoms. The van der Waals surface area contributed by atoms with Gasteiger partial charge in [-0.3, -0.25) is 4.79 Å². The van der Waals surface area contributed by atoms with Crippen LogP contribution in [-0.4, -0.2) is 31.2 Å². The Morgan fingerprint density at radius 3 is 2.50 bits per heavy atom. The summed E-state index contributed by atoms with van der Waals surface area (Å²) in [6, 6.07) is -0.215. The molecule has 0 radical (unpaired) electrons. The minimum atomic E-state index is -0.398. The van der Waals surface area contributed by atoms with Crippen molar-refractivity contribution in [1.82, 2.24) is 5.32 Å². The molecule has 0 unspecified atom stereocenters. The van der Waals surface area contributed by atoms with Gasteiger partial charge in [0.15, 0.2) is 0 Å². The Kier molecular flexibility index (Phi) is 3.05. The van der Waals surface area contributed by atoms with Crippen LogP contribution in [0.1, 0.15) is 13.8 Å². The summed E-state index contributed by atoms with van der Waals surface area (Å²) in [4.78, 5) is 11.3. The van der Waals surface area contributed by atoms with Gasteiger partial charge in [0, 0.05) is 0 Å². The van der Waals surface area contributed by atoms with Crippen LogP contribution in [0.4, 0.5) is 0 Å². The second kappa shape index (κ2) is 3.87. The first kappa shape index (κ1) is 9.48. The molecule has 1 heterocycles. The highest BCUT2D eigenvalue weighted by molar-refractivity contribution is 5.82. The van der Waals surface area contributed by atoms with E-state index in [0.29, 0.717) is 13.2 Å². The monoisotopic (exact) mass is 172 g/mol. The van der Waals surface area contributed by atoms with E-state index in [1.165, 1.54) is 0 Å². The molecule has 1 amide bonds. The third kappa shape index (κ3) is 2.19. The number of hydrogen-bond donors (Lipinski definition) is 2. The van der Waals surface area contributed by atoms with Crippen LogP contribution in [0.25, 0.3) is 0 Å². The molecule has 1 aliphatic heterocycles. The van der Waals surface area contributed by atoms with E-state index in [1.807, 2.05) is 13.8 Å². The fourth-order valence-electron chi connectivity index (χ4n) is 0.919. The van der Waals surface area contributed by atoms with Crippen LogP contribution >= 0.6 is 0 Å². The van der Waals surface area contributed by atoms with Crippen LogP contribution in [0.5, 0.6) is 0 Å². The van der Waals surface area contributed by atoms with Crippen LogP contribution in [0.15, 0.2) is 0 Å². The van der Waals surface area contributed by atoms with E-state index in [2.05, 4.69) is 5.32 Å². The number of carbonyl (C=O) groups excluding carboxylic acids is 1. The van der Waals surface area contributed by atoms with E-state index in [4.69, 9.17) is 10.5 Å². The molecular weight excluding hydrogens is 156 g/mol. The van der Waals surface area contributed by atoms with Gasteiger partial charge >= 0.3 is 0 Å². The lowest BCUT2D eigenvalue weighted by molar-refractivity contribution is -0.127. The normalized spacial score (nSPS) is 20.3. The molecule has 4 nitrogen and oxygen atoms in total. The van der Waals surface area contributed by atoms with E-state index in [9.17, 15) is 4.79 Å². The molecule has 3 N–H and O–H groups in total. The maximum Gasteiger partial charge on any atom is 0.237 e. The summed E-state index contributed by atoms with van der Waals surface area (Å²) in [5, 5.41) is 2.81. The van der Waals surface area contributed by atoms with E-state index in [0.717, 1.165) is 0 Å². The predicted molar refractivity (Wildman–Crippen MR) is 45.6 cm³/mol. The maximum absolute atomic E-state index is 11.3. The zero-order valence-corrected chi connectivity index (χ0v) is 7.54. The smallest absolute Gasteiger partial charge is 0.237 e. The SMILES string of the molecule is CC(C)[C@@H](N)C(=O)NC1COC1. The van der Waals surface area contributed by atoms with Crippen LogP contribution in [0, 0.1) is 5.92 Å². The predicted octanol–water partition coefficient (Wildman–Crippen LogP) is -0.515. The third-order valence-corrected chi connectivity index (χ3v) is 2.01. The number of nitrogens with one attached hydrogen (secondary N) is 1. The average Bonchev–Trinajstić information content (AvgIpc) is 1.94. The zero-order valence-electron chi connectivity index (χ0n) is 7.54. The molecule has 0 aromatic heterocycles. The first-order valence-electron chi connectivity index (χ1n) is 4.25. The average molecular weight is 172 g/mol. The molecule has 0 spiro atoms. The van der Waals surface area contributed by atoms with Gasteiger partial charge in [-0.25, -0.2) is 0 Å². The van der Waals surface area contributed by atoms with Crippen molar-refractivity contribution in [3.8, 4) is 0 Å². The molecule has 1 atom stereocenters. The topological polar surface area (TPSA) is 64.4 Å². The van der Waals surface area contributed by atoms with Gasteiger partial charge in [0.05, 0.1) is 25.3 Å². The van der Waals surface area contributed by atoms with Gasteiger partial charge in [-0.15, -0.1) is 0 Å². The summed E-state index contributed by atoms with van der Waals surface area (Å²) in [7, 11) is 0. The van der Waals surface area contributed by atoms with Gasteiger partial charge < -0.3 is 15.8 Å². The Morgan fingerprint density at radius 1 is 1.58 bits per heavy atom. The molecule has 1 rings (SSSR count). The van der Waals surface area contributed by atoms with Crippen LogP contribution in [0.2, 0.25) is 0 Å². The Morgan fingerprint density at radius 2 is 2.17 bits per heavy atom. The van der Waals surface area contributed by atoms with Crippen molar-refractivity contribution >= 4 is 5.91 Å². The van der Waals surface area contributed by atoms with E-state index < -0.39 is 6.04 Å². The van der Waals surface area contributed by atoms with Gasteiger partial charge in [-0.05, 0) is 5.92 Å². The molecule has 0 saturated carbocycles. The molecule has 70 valence electrons. The van der Waals surface area contributed by atoms with Gasteiger partial charge in [-0.1, -0.05) is 13.8 Å². The molecule has 0 bridgehead atoms. The van der Waals surface area contributed by atoms with Gasteiger partial charge in [-0.2, -0.15) is 0 Å². The van der Waals surface area contributed by atoms with Crippen molar-refractivity contribution in [3.63, 3.8) is 0 Å². The van der Waals surface area contributed by atoms with Crippen molar-refractivity contribution < 1.29 is 9.53 Å². The van der Waals surface area contributed by atoms with Gasteiger partial charge in [0.25, 0.3) is 0 Å². The first-order valence-corrected chi connectivity index (χ1v) is 4.25. The summed E-state index contributed by atoms with van der Waals surface area (Å²) < 4.78 is 4.92. The van der Waals surface area contributed by atoms with Crippen LogP contribution in [-0.2, 0) is 9.53 Å². The van der Waals surface area contributed by atoms with Crippen molar-refractivity contribution in [2.75, 3.05) is 13.2 Å². The molecule has 0 aromatic rings. The molecule has 0 aromatic carbocycles. The second-order valence-electron chi connectivity index (χ2n) is 3.51. The standard InChI is InChI=1S/C8H16N2O2/c1-5(2)7(9)8(11)10-6-3-12-4-6/h5-7H,3-4,9H2,1-2H3,(H,10,11)/t7-/m1/s1. The summed E-state index contributed by atoms with van der Waals surface area (Å²) in [6.07, 6.45) is 0. The van der Waals surface area contributed by atoms with Crippen molar-refractivity contribution in [2.45, 2.75) is 25.9 Å². The van der Waals surface area contributed by atoms with Crippen molar-refractivity contribution in [3.05, 3.63) is 0 Å². The number of ether oxygens (including phenoxy) is 1. The minimum absolute atomic E-state index is 0.0710. The third-order valence-electron chi connectivity index (χ3n) is 2.01.